The molecule has 0 spiro atoms. The molecule has 1 heterocycles. The Morgan fingerprint density at radius 3 is 3.00 bits per heavy atom. The smallest absolute Gasteiger partial charge is 0.219 e. The molecule has 3 N–H and O–H groups in total. The second kappa shape index (κ2) is 4.13. The summed E-state index contributed by atoms with van der Waals surface area (Å²) in [7, 11) is 1.74. The van der Waals surface area contributed by atoms with Gasteiger partial charge in [-0.2, -0.15) is 5.10 Å². The molecule has 0 bridgehead atoms. The zero-order valence-corrected chi connectivity index (χ0v) is 8.01. The van der Waals surface area contributed by atoms with E-state index in [9.17, 15) is 4.79 Å². The van der Waals surface area contributed by atoms with Gasteiger partial charge in [0.25, 0.3) is 0 Å². The van der Waals surface area contributed by atoms with Crippen LogP contribution in [0.25, 0.3) is 0 Å². The van der Waals surface area contributed by atoms with Gasteiger partial charge >= 0.3 is 0 Å². The van der Waals surface area contributed by atoms with Crippen LogP contribution in [0.1, 0.15) is 6.42 Å². The van der Waals surface area contributed by atoms with Gasteiger partial charge in [0, 0.05) is 20.0 Å². The van der Waals surface area contributed by atoms with Gasteiger partial charge in [0.15, 0.2) is 0 Å². The van der Waals surface area contributed by atoms with Crippen molar-refractivity contribution in [2.45, 2.75) is 6.42 Å². The van der Waals surface area contributed by atoms with Crippen molar-refractivity contribution >= 4 is 23.2 Å². The molecule has 0 atom stereocenters. The van der Waals surface area contributed by atoms with E-state index >= 15 is 0 Å². The average molecular weight is 203 g/mol. The molecule has 0 saturated carbocycles. The van der Waals surface area contributed by atoms with E-state index in [1.54, 1.807) is 13.2 Å². The molecular formula is C7H11ClN4O. The van der Waals surface area contributed by atoms with Crippen LogP contribution in [0, 0.1) is 0 Å². The maximum atomic E-state index is 10.4. The summed E-state index contributed by atoms with van der Waals surface area (Å²) in [5, 5.41) is 7.39. The Labute approximate surface area is 80.9 Å². The number of halogens is 1. The number of primary amides is 1. The molecule has 72 valence electrons. The zero-order chi connectivity index (χ0) is 9.84. The van der Waals surface area contributed by atoms with Crippen LogP contribution in [-0.2, 0) is 11.8 Å². The summed E-state index contributed by atoms with van der Waals surface area (Å²) >= 11 is 5.85. The first-order valence-corrected chi connectivity index (χ1v) is 4.18. The summed E-state index contributed by atoms with van der Waals surface area (Å²) in [6, 6.07) is 0. The summed E-state index contributed by atoms with van der Waals surface area (Å²) in [5.41, 5.74) is 5.68. The standard InChI is InChI=1S/C7H11ClN4O/c1-12-7(8)5(4-11-12)10-3-2-6(9)13/h4,10H,2-3H2,1H3,(H2,9,13). The van der Waals surface area contributed by atoms with Gasteiger partial charge in [-0.15, -0.1) is 0 Å². The van der Waals surface area contributed by atoms with Gasteiger partial charge in [-0.25, -0.2) is 0 Å². The van der Waals surface area contributed by atoms with E-state index in [0.717, 1.165) is 0 Å². The third kappa shape index (κ3) is 2.62. The number of carbonyl (C=O) groups is 1. The van der Waals surface area contributed by atoms with Crippen LogP contribution in [0.2, 0.25) is 5.15 Å². The van der Waals surface area contributed by atoms with E-state index in [4.69, 9.17) is 17.3 Å². The van der Waals surface area contributed by atoms with Gasteiger partial charge in [0.1, 0.15) is 5.15 Å². The quantitative estimate of drug-likeness (QED) is 0.741. The third-order valence-corrected chi connectivity index (χ3v) is 2.00. The molecule has 0 saturated heterocycles. The number of nitrogens with one attached hydrogen (secondary N) is 1. The van der Waals surface area contributed by atoms with Crippen LogP contribution in [0.15, 0.2) is 6.20 Å². The molecule has 1 amide bonds. The van der Waals surface area contributed by atoms with E-state index in [2.05, 4.69) is 10.4 Å². The Balaban J connectivity index is 2.45. The van der Waals surface area contributed by atoms with Crippen molar-refractivity contribution in [3.8, 4) is 0 Å². The Morgan fingerprint density at radius 1 is 1.85 bits per heavy atom. The minimum atomic E-state index is -0.340. The first-order chi connectivity index (χ1) is 6.11. The second-order valence-electron chi connectivity index (χ2n) is 2.62. The summed E-state index contributed by atoms with van der Waals surface area (Å²) < 4.78 is 1.54. The molecule has 1 rings (SSSR count). The van der Waals surface area contributed by atoms with Crippen molar-refractivity contribution in [3.05, 3.63) is 11.3 Å². The van der Waals surface area contributed by atoms with Gasteiger partial charge in [-0.05, 0) is 0 Å². The number of rotatable bonds is 4. The first-order valence-electron chi connectivity index (χ1n) is 3.81. The largest absolute Gasteiger partial charge is 0.381 e. The van der Waals surface area contributed by atoms with E-state index < -0.39 is 0 Å². The molecule has 0 unspecified atom stereocenters. The van der Waals surface area contributed by atoms with Gasteiger partial charge in [-0.3, -0.25) is 9.48 Å². The van der Waals surface area contributed by atoms with Crippen LogP contribution in [0.5, 0.6) is 0 Å². The first kappa shape index (κ1) is 9.85. The fourth-order valence-corrected chi connectivity index (χ4v) is 1.02. The number of nitrogens with two attached hydrogens (primary N) is 1. The number of aryl methyl sites for hydroxylation is 1. The van der Waals surface area contributed by atoms with Gasteiger partial charge in [-0.1, -0.05) is 11.6 Å². The fraction of sp³-hybridized carbons (Fsp3) is 0.429. The Bertz CT molecular complexity index is 309. The van der Waals surface area contributed by atoms with Gasteiger partial charge < -0.3 is 11.1 Å². The number of hydrogen-bond donors (Lipinski definition) is 2. The average Bonchev–Trinajstić information content (AvgIpc) is 2.35. The van der Waals surface area contributed by atoms with Crippen molar-refractivity contribution in [2.24, 2.45) is 12.8 Å². The number of nitrogens with zero attached hydrogens (tertiary/aromatic N) is 2. The number of carbonyl (C=O) groups excluding carboxylic acids is 1. The van der Waals surface area contributed by atoms with Crippen molar-refractivity contribution in [1.82, 2.24) is 9.78 Å². The topological polar surface area (TPSA) is 72.9 Å². The lowest BCUT2D eigenvalue weighted by Gasteiger charge is -2.01. The maximum Gasteiger partial charge on any atom is 0.219 e. The summed E-state index contributed by atoms with van der Waals surface area (Å²) in [5.74, 6) is -0.340. The van der Waals surface area contributed by atoms with Gasteiger partial charge in [0.2, 0.25) is 5.91 Å². The van der Waals surface area contributed by atoms with Crippen LogP contribution >= 0.6 is 11.6 Å². The van der Waals surface area contributed by atoms with Crippen molar-refractivity contribution in [2.75, 3.05) is 11.9 Å². The van der Waals surface area contributed by atoms with Crippen LogP contribution in [-0.4, -0.2) is 22.2 Å². The molecular weight excluding hydrogens is 192 g/mol. The molecule has 0 radical (unpaired) electrons. The molecule has 0 aliphatic rings. The van der Waals surface area contributed by atoms with Crippen molar-refractivity contribution < 1.29 is 4.79 Å². The molecule has 0 aliphatic heterocycles. The highest BCUT2D eigenvalue weighted by molar-refractivity contribution is 6.32. The number of aromatic nitrogens is 2. The minimum absolute atomic E-state index is 0.283. The molecule has 0 aliphatic carbocycles. The van der Waals surface area contributed by atoms with Crippen LogP contribution in [0.4, 0.5) is 5.69 Å². The molecule has 6 heteroatoms. The number of anilines is 1. The van der Waals surface area contributed by atoms with E-state index in [1.807, 2.05) is 0 Å². The predicted molar refractivity (Wildman–Crippen MR) is 50.5 cm³/mol. The Morgan fingerprint density at radius 2 is 2.54 bits per heavy atom. The minimum Gasteiger partial charge on any atom is -0.381 e. The third-order valence-electron chi connectivity index (χ3n) is 1.55. The summed E-state index contributed by atoms with van der Waals surface area (Å²) in [6.07, 6.45) is 1.88. The number of amides is 1. The molecule has 1 aromatic heterocycles. The zero-order valence-electron chi connectivity index (χ0n) is 7.25. The summed E-state index contributed by atoms with van der Waals surface area (Å²) in [6.45, 7) is 0.473. The van der Waals surface area contributed by atoms with Gasteiger partial charge in [0.05, 0.1) is 11.9 Å². The molecule has 0 fully saturated rings. The lowest BCUT2D eigenvalue weighted by atomic mass is 10.4. The summed E-state index contributed by atoms with van der Waals surface area (Å²) in [4.78, 5) is 10.4. The Kier molecular flexibility index (Phi) is 3.13. The highest BCUT2D eigenvalue weighted by Crippen LogP contribution is 2.19. The maximum absolute atomic E-state index is 10.4. The van der Waals surface area contributed by atoms with Crippen LogP contribution < -0.4 is 11.1 Å². The Hall–Kier alpha value is -1.23. The molecule has 0 aromatic carbocycles. The van der Waals surface area contributed by atoms with E-state index in [-0.39, 0.29) is 12.3 Å². The van der Waals surface area contributed by atoms with Crippen molar-refractivity contribution in [1.29, 1.82) is 0 Å². The number of hydrogen-bond acceptors (Lipinski definition) is 3. The van der Waals surface area contributed by atoms with Crippen LogP contribution in [0.3, 0.4) is 0 Å². The SMILES string of the molecule is Cn1ncc(NCCC(N)=O)c1Cl. The lowest BCUT2D eigenvalue weighted by molar-refractivity contribution is -0.117. The predicted octanol–water partition coefficient (Wildman–Crippen LogP) is 0.361. The fourth-order valence-electron chi connectivity index (χ4n) is 0.862. The van der Waals surface area contributed by atoms with Crippen molar-refractivity contribution in [3.63, 3.8) is 0 Å². The molecule has 1 aromatic rings. The monoisotopic (exact) mass is 202 g/mol. The lowest BCUT2D eigenvalue weighted by Crippen LogP contribution is -2.15. The molecule has 5 nitrogen and oxygen atoms in total. The normalized spacial score (nSPS) is 10.0. The second-order valence-corrected chi connectivity index (χ2v) is 2.97. The highest BCUT2D eigenvalue weighted by Gasteiger charge is 2.04. The van der Waals surface area contributed by atoms with E-state index in [1.165, 1.54) is 4.68 Å². The molecule has 13 heavy (non-hydrogen) atoms. The van der Waals surface area contributed by atoms with E-state index in [0.29, 0.717) is 17.4 Å². The highest BCUT2D eigenvalue weighted by atomic mass is 35.5.